The highest BCUT2D eigenvalue weighted by atomic mass is 16.2. The van der Waals surface area contributed by atoms with Crippen LogP contribution in [0.2, 0.25) is 0 Å². The average molecular weight is 251 g/mol. The van der Waals surface area contributed by atoms with Crippen LogP contribution in [-0.4, -0.2) is 52.2 Å². The lowest BCUT2D eigenvalue weighted by atomic mass is 9.96. The van der Waals surface area contributed by atoms with Crippen molar-refractivity contribution >= 4 is 5.91 Å². The Morgan fingerprint density at radius 2 is 2.11 bits per heavy atom. The van der Waals surface area contributed by atoms with E-state index < -0.39 is 0 Å². The van der Waals surface area contributed by atoms with Gasteiger partial charge in [0.25, 0.3) is 5.91 Å². The van der Waals surface area contributed by atoms with E-state index in [9.17, 15) is 4.79 Å². The van der Waals surface area contributed by atoms with E-state index >= 15 is 0 Å². The molecule has 0 saturated heterocycles. The zero-order chi connectivity index (χ0) is 13.2. The van der Waals surface area contributed by atoms with E-state index in [-0.39, 0.29) is 17.3 Å². The number of aryl methyl sites for hydroxylation is 1. The van der Waals surface area contributed by atoms with Crippen molar-refractivity contribution in [2.24, 2.45) is 0 Å². The second-order valence-corrected chi connectivity index (χ2v) is 5.25. The molecule has 2 N–H and O–H groups in total. The molecule has 1 amide bonds. The van der Waals surface area contributed by atoms with E-state index in [1.54, 1.807) is 6.92 Å². The first-order valence-corrected chi connectivity index (χ1v) is 6.38. The minimum absolute atomic E-state index is 0.0982. The summed E-state index contributed by atoms with van der Waals surface area (Å²) in [7, 11) is 4.16. The predicted molar refractivity (Wildman–Crippen MR) is 68.3 cm³/mol. The van der Waals surface area contributed by atoms with Crippen molar-refractivity contribution < 1.29 is 4.79 Å². The van der Waals surface area contributed by atoms with Crippen molar-refractivity contribution in [3.8, 4) is 0 Å². The molecule has 2 rings (SSSR count). The van der Waals surface area contributed by atoms with Crippen molar-refractivity contribution in [3.63, 3.8) is 0 Å². The molecule has 0 bridgehead atoms. The summed E-state index contributed by atoms with van der Waals surface area (Å²) < 4.78 is 0. The van der Waals surface area contributed by atoms with E-state index in [1.807, 2.05) is 0 Å². The lowest BCUT2D eigenvalue weighted by Crippen LogP contribution is -2.50. The molecule has 1 heterocycles. The third-order valence-electron chi connectivity index (χ3n) is 3.86. The number of H-pyrrole nitrogens is 1. The molecule has 1 aromatic rings. The summed E-state index contributed by atoms with van der Waals surface area (Å²) >= 11 is 0. The number of carbonyl (C=O) groups excluding carboxylic acids is 1. The number of hydrogen-bond acceptors (Lipinski definition) is 4. The van der Waals surface area contributed by atoms with Crippen molar-refractivity contribution in [3.05, 3.63) is 11.6 Å². The number of nitrogens with zero attached hydrogens (tertiary/aromatic N) is 3. The van der Waals surface area contributed by atoms with Gasteiger partial charge in [-0.15, -0.1) is 5.10 Å². The number of rotatable bonds is 4. The van der Waals surface area contributed by atoms with Crippen molar-refractivity contribution in [2.75, 3.05) is 20.6 Å². The fraction of sp³-hybridized carbons (Fsp3) is 0.750. The molecule has 0 atom stereocenters. The Hall–Kier alpha value is -1.43. The van der Waals surface area contributed by atoms with Crippen LogP contribution in [0.3, 0.4) is 0 Å². The molecule has 0 aromatic carbocycles. The van der Waals surface area contributed by atoms with Crippen LogP contribution in [0.15, 0.2) is 0 Å². The minimum Gasteiger partial charge on any atom is -0.347 e. The predicted octanol–water partition coefficient (Wildman–Crippen LogP) is 0.717. The largest absolute Gasteiger partial charge is 0.347 e. The molecular weight excluding hydrogens is 230 g/mol. The van der Waals surface area contributed by atoms with Crippen LogP contribution >= 0.6 is 0 Å². The molecule has 6 heteroatoms. The highest BCUT2D eigenvalue weighted by molar-refractivity contribution is 5.90. The van der Waals surface area contributed by atoms with Gasteiger partial charge in [-0.25, -0.2) is 4.98 Å². The standard InChI is InChI=1S/C12H21N5O/c1-9-14-10(16-15-9)11(18)13-8-12(17(2)3)6-4-5-7-12/h4-8H2,1-3H3,(H,13,18)(H,14,15,16). The van der Waals surface area contributed by atoms with Crippen LogP contribution in [-0.2, 0) is 0 Å². The van der Waals surface area contributed by atoms with E-state index in [0.717, 1.165) is 12.8 Å². The molecule has 6 nitrogen and oxygen atoms in total. The summed E-state index contributed by atoms with van der Waals surface area (Å²) in [5.74, 6) is 0.676. The molecule has 1 aliphatic carbocycles. The van der Waals surface area contributed by atoms with E-state index in [2.05, 4.69) is 39.5 Å². The summed E-state index contributed by atoms with van der Waals surface area (Å²) in [6.45, 7) is 2.44. The summed E-state index contributed by atoms with van der Waals surface area (Å²) in [6.07, 6.45) is 4.72. The first-order chi connectivity index (χ1) is 8.53. The van der Waals surface area contributed by atoms with E-state index in [0.29, 0.717) is 12.4 Å². The number of amides is 1. The zero-order valence-electron chi connectivity index (χ0n) is 11.3. The Kier molecular flexibility index (Phi) is 3.65. The number of carbonyl (C=O) groups is 1. The van der Waals surface area contributed by atoms with Crippen LogP contribution in [0.5, 0.6) is 0 Å². The maximum atomic E-state index is 11.9. The van der Waals surface area contributed by atoms with E-state index in [4.69, 9.17) is 0 Å². The second kappa shape index (κ2) is 5.06. The fourth-order valence-corrected chi connectivity index (χ4v) is 2.58. The maximum absolute atomic E-state index is 11.9. The normalized spacial score (nSPS) is 18.2. The van der Waals surface area contributed by atoms with Crippen LogP contribution in [0.4, 0.5) is 0 Å². The van der Waals surface area contributed by atoms with Gasteiger partial charge in [0.15, 0.2) is 0 Å². The van der Waals surface area contributed by atoms with Gasteiger partial charge < -0.3 is 10.2 Å². The maximum Gasteiger partial charge on any atom is 0.291 e. The van der Waals surface area contributed by atoms with Gasteiger partial charge in [0.1, 0.15) is 5.82 Å². The average Bonchev–Trinajstić information content (AvgIpc) is 2.95. The fourth-order valence-electron chi connectivity index (χ4n) is 2.58. The van der Waals surface area contributed by atoms with Gasteiger partial charge in [0, 0.05) is 12.1 Å². The third kappa shape index (κ3) is 2.53. The van der Waals surface area contributed by atoms with Gasteiger partial charge in [-0.2, -0.15) is 0 Å². The quantitative estimate of drug-likeness (QED) is 0.827. The Balaban J connectivity index is 1.96. The molecule has 0 aliphatic heterocycles. The number of aromatic amines is 1. The second-order valence-electron chi connectivity index (χ2n) is 5.25. The summed E-state index contributed by atoms with van der Waals surface area (Å²) in [5, 5.41) is 9.49. The lowest BCUT2D eigenvalue weighted by Gasteiger charge is -2.36. The molecule has 1 fully saturated rings. The Bertz CT molecular complexity index is 420. The van der Waals surface area contributed by atoms with Gasteiger partial charge in [0.2, 0.25) is 5.82 Å². The lowest BCUT2D eigenvalue weighted by molar-refractivity contribution is 0.0890. The van der Waals surface area contributed by atoms with Gasteiger partial charge in [-0.05, 0) is 33.9 Å². The van der Waals surface area contributed by atoms with Crippen LogP contribution in [0.25, 0.3) is 0 Å². The van der Waals surface area contributed by atoms with Gasteiger partial charge in [0.05, 0.1) is 0 Å². The summed E-state index contributed by atoms with van der Waals surface area (Å²) in [4.78, 5) is 18.2. The van der Waals surface area contributed by atoms with Crippen molar-refractivity contribution in [1.29, 1.82) is 0 Å². The van der Waals surface area contributed by atoms with Crippen LogP contribution < -0.4 is 5.32 Å². The molecule has 1 aliphatic rings. The zero-order valence-corrected chi connectivity index (χ0v) is 11.3. The molecule has 1 aromatic heterocycles. The molecular formula is C12H21N5O. The first-order valence-electron chi connectivity index (χ1n) is 6.38. The first kappa shape index (κ1) is 13.0. The summed E-state index contributed by atoms with van der Waals surface area (Å²) in [5.41, 5.74) is 0.0982. The smallest absolute Gasteiger partial charge is 0.291 e. The highest BCUT2D eigenvalue weighted by Crippen LogP contribution is 2.33. The van der Waals surface area contributed by atoms with Crippen LogP contribution in [0.1, 0.15) is 42.1 Å². The molecule has 0 spiro atoms. The summed E-state index contributed by atoms with van der Waals surface area (Å²) in [6, 6.07) is 0. The molecule has 0 unspecified atom stereocenters. The van der Waals surface area contributed by atoms with Crippen molar-refractivity contribution in [2.45, 2.75) is 38.1 Å². The topological polar surface area (TPSA) is 73.9 Å². The Morgan fingerprint density at radius 3 is 2.61 bits per heavy atom. The van der Waals surface area contributed by atoms with E-state index in [1.165, 1.54) is 12.8 Å². The number of aromatic nitrogens is 3. The molecule has 0 radical (unpaired) electrons. The molecule has 1 saturated carbocycles. The number of nitrogens with one attached hydrogen (secondary N) is 2. The Labute approximate surface area is 107 Å². The third-order valence-corrected chi connectivity index (χ3v) is 3.86. The van der Waals surface area contributed by atoms with Gasteiger partial charge >= 0.3 is 0 Å². The SMILES string of the molecule is Cc1nc(C(=O)NCC2(N(C)C)CCCC2)n[nH]1. The molecule has 100 valence electrons. The van der Waals surface area contributed by atoms with Crippen LogP contribution in [0, 0.1) is 6.92 Å². The minimum atomic E-state index is -0.201. The highest BCUT2D eigenvalue weighted by Gasteiger charge is 2.36. The van der Waals surface area contributed by atoms with Gasteiger partial charge in [-0.3, -0.25) is 9.89 Å². The van der Waals surface area contributed by atoms with Gasteiger partial charge in [-0.1, -0.05) is 12.8 Å². The number of likely N-dealkylation sites (N-methyl/N-ethyl adjacent to an activating group) is 1. The Morgan fingerprint density at radius 1 is 1.44 bits per heavy atom. The molecule has 18 heavy (non-hydrogen) atoms. The van der Waals surface area contributed by atoms with Crippen molar-refractivity contribution in [1.82, 2.24) is 25.4 Å². The number of hydrogen-bond donors (Lipinski definition) is 2. The monoisotopic (exact) mass is 251 g/mol.